The summed E-state index contributed by atoms with van der Waals surface area (Å²) in [6.07, 6.45) is 1.51. The highest BCUT2D eigenvalue weighted by molar-refractivity contribution is 7.84. The van der Waals surface area contributed by atoms with Gasteiger partial charge in [-0.25, -0.2) is 4.79 Å². The van der Waals surface area contributed by atoms with E-state index in [2.05, 4.69) is 10.2 Å². The van der Waals surface area contributed by atoms with Crippen LogP contribution in [0.3, 0.4) is 0 Å². The highest BCUT2D eigenvalue weighted by Gasteiger charge is 2.16. The Morgan fingerprint density at radius 2 is 1.79 bits per heavy atom. The summed E-state index contributed by atoms with van der Waals surface area (Å²) in [5.74, 6) is -0.0331. The number of hydrogen-bond acceptors (Lipinski definition) is 6. The first-order valence-corrected chi connectivity index (χ1v) is 8.68. The van der Waals surface area contributed by atoms with Crippen molar-refractivity contribution in [2.45, 2.75) is 11.5 Å². The van der Waals surface area contributed by atoms with Crippen LogP contribution in [0.25, 0.3) is 11.5 Å². The summed E-state index contributed by atoms with van der Waals surface area (Å²) in [4.78, 5) is 12.6. The first kappa shape index (κ1) is 16.1. The maximum absolute atomic E-state index is 12.2. The van der Waals surface area contributed by atoms with Gasteiger partial charge in [0.25, 0.3) is 5.89 Å². The standard InChI is InChI=1S/C17H14N2O4S/c1-24(21)14-10-6-5-9-13(14)17(20)22-11-15-18-19-16(23-15)12-7-3-2-4-8-12/h2-10H,11H2,1H3/t24-/m1/s1. The molecule has 24 heavy (non-hydrogen) atoms. The number of benzene rings is 2. The third-order valence-electron chi connectivity index (χ3n) is 3.23. The minimum absolute atomic E-state index is 0.149. The minimum atomic E-state index is -1.28. The molecule has 0 fully saturated rings. The fourth-order valence-corrected chi connectivity index (χ4v) is 2.83. The maximum atomic E-state index is 12.2. The Bertz CT molecular complexity index is 877. The van der Waals surface area contributed by atoms with E-state index in [1.165, 1.54) is 6.26 Å². The van der Waals surface area contributed by atoms with E-state index in [9.17, 15) is 9.00 Å². The molecule has 0 aliphatic carbocycles. The summed E-state index contributed by atoms with van der Waals surface area (Å²) in [5, 5.41) is 7.79. The maximum Gasteiger partial charge on any atom is 0.339 e. The first-order chi connectivity index (χ1) is 11.6. The van der Waals surface area contributed by atoms with Gasteiger partial charge in [-0.3, -0.25) is 4.21 Å². The summed E-state index contributed by atoms with van der Waals surface area (Å²) in [7, 11) is -1.28. The summed E-state index contributed by atoms with van der Waals surface area (Å²) in [6.45, 7) is -0.149. The van der Waals surface area contributed by atoms with Gasteiger partial charge in [-0.1, -0.05) is 30.3 Å². The molecule has 0 amide bonds. The number of ether oxygens (including phenoxy) is 1. The van der Waals surface area contributed by atoms with Crippen molar-refractivity contribution >= 4 is 16.8 Å². The molecule has 0 bridgehead atoms. The average Bonchev–Trinajstić information content (AvgIpc) is 3.09. The molecule has 0 saturated carbocycles. The monoisotopic (exact) mass is 342 g/mol. The number of carbonyl (C=O) groups excluding carboxylic acids is 1. The molecule has 3 aromatic rings. The molecule has 1 atom stereocenters. The SMILES string of the molecule is C[S@@](=O)c1ccccc1C(=O)OCc1nnc(-c2ccccc2)o1. The molecule has 7 heteroatoms. The van der Waals surface area contributed by atoms with E-state index in [4.69, 9.17) is 9.15 Å². The molecule has 0 N–H and O–H groups in total. The molecule has 6 nitrogen and oxygen atoms in total. The average molecular weight is 342 g/mol. The number of esters is 1. The number of nitrogens with zero attached hydrogens (tertiary/aromatic N) is 2. The zero-order chi connectivity index (χ0) is 16.9. The van der Waals surface area contributed by atoms with E-state index in [-0.39, 0.29) is 18.1 Å². The van der Waals surface area contributed by atoms with Crippen LogP contribution in [-0.4, -0.2) is 26.6 Å². The Morgan fingerprint density at radius 1 is 1.08 bits per heavy atom. The second kappa shape index (κ2) is 7.18. The van der Waals surface area contributed by atoms with E-state index in [1.807, 2.05) is 30.3 Å². The van der Waals surface area contributed by atoms with E-state index in [1.54, 1.807) is 24.3 Å². The van der Waals surface area contributed by atoms with Crippen LogP contribution >= 0.6 is 0 Å². The predicted molar refractivity (Wildman–Crippen MR) is 87.6 cm³/mol. The highest BCUT2D eigenvalue weighted by Crippen LogP contribution is 2.18. The van der Waals surface area contributed by atoms with Gasteiger partial charge in [0.1, 0.15) is 0 Å². The van der Waals surface area contributed by atoms with E-state index >= 15 is 0 Å². The lowest BCUT2D eigenvalue weighted by Gasteiger charge is -2.06. The molecule has 1 aromatic heterocycles. The predicted octanol–water partition coefficient (Wildman–Crippen LogP) is 2.83. The fourth-order valence-electron chi connectivity index (χ4n) is 2.10. The topological polar surface area (TPSA) is 82.3 Å². The molecule has 0 radical (unpaired) electrons. The van der Waals surface area contributed by atoms with Gasteiger partial charge in [0.05, 0.1) is 21.3 Å². The zero-order valence-corrected chi connectivity index (χ0v) is 13.7. The van der Waals surface area contributed by atoms with Crippen molar-refractivity contribution in [1.82, 2.24) is 10.2 Å². The Hall–Kier alpha value is -2.80. The van der Waals surface area contributed by atoms with Crippen molar-refractivity contribution < 1.29 is 18.2 Å². The molecule has 2 aromatic carbocycles. The molecule has 0 spiro atoms. The lowest BCUT2D eigenvalue weighted by Crippen LogP contribution is -2.09. The number of aromatic nitrogens is 2. The van der Waals surface area contributed by atoms with E-state index < -0.39 is 16.8 Å². The normalized spacial score (nSPS) is 11.9. The Kier molecular flexibility index (Phi) is 4.81. The van der Waals surface area contributed by atoms with Crippen LogP contribution in [0.4, 0.5) is 0 Å². The van der Waals surface area contributed by atoms with Gasteiger partial charge < -0.3 is 9.15 Å². The highest BCUT2D eigenvalue weighted by atomic mass is 32.2. The second-order valence-electron chi connectivity index (χ2n) is 4.89. The summed E-state index contributed by atoms with van der Waals surface area (Å²) in [6, 6.07) is 15.9. The summed E-state index contributed by atoms with van der Waals surface area (Å²) in [5.41, 5.74) is 1.05. The first-order valence-electron chi connectivity index (χ1n) is 7.12. The van der Waals surface area contributed by atoms with Crippen LogP contribution in [-0.2, 0) is 22.1 Å². The largest absolute Gasteiger partial charge is 0.452 e. The summed E-state index contributed by atoms with van der Waals surface area (Å²) >= 11 is 0. The van der Waals surface area contributed by atoms with Crippen molar-refractivity contribution in [1.29, 1.82) is 0 Å². The van der Waals surface area contributed by atoms with Gasteiger partial charge in [-0.2, -0.15) is 0 Å². The van der Waals surface area contributed by atoms with Crippen LogP contribution < -0.4 is 0 Å². The Labute approximate surface area is 140 Å². The minimum Gasteiger partial charge on any atom is -0.452 e. The third kappa shape index (κ3) is 3.57. The Morgan fingerprint density at radius 3 is 2.54 bits per heavy atom. The zero-order valence-electron chi connectivity index (χ0n) is 12.8. The lowest BCUT2D eigenvalue weighted by atomic mass is 10.2. The summed E-state index contributed by atoms with van der Waals surface area (Å²) < 4.78 is 22.3. The second-order valence-corrected chi connectivity index (χ2v) is 6.24. The van der Waals surface area contributed by atoms with Crippen molar-refractivity contribution in [3.05, 3.63) is 66.1 Å². The molecule has 1 heterocycles. The lowest BCUT2D eigenvalue weighted by molar-refractivity contribution is 0.0434. The van der Waals surface area contributed by atoms with Gasteiger partial charge >= 0.3 is 5.97 Å². The van der Waals surface area contributed by atoms with Gasteiger partial charge in [0.15, 0.2) is 6.61 Å². The third-order valence-corrected chi connectivity index (χ3v) is 4.21. The van der Waals surface area contributed by atoms with Crippen LogP contribution in [0.2, 0.25) is 0 Å². The quantitative estimate of drug-likeness (QED) is 0.663. The van der Waals surface area contributed by atoms with E-state index in [0.717, 1.165) is 5.56 Å². The van der Waals surface area contributed by atoms with Crippen LogP contribution in [0, 0.1) is 0 Å². The number of carbonyl (C=O) groups is 1. The van der Waals surface area contributed by atoms with Crippen LogP contribution in [0.1, 0.15) is 16.2 Å². The van der Waals surface area contributed by atoms with Crippen molar-refractivity contribution in [3.63, 3.8) is 0 Å². The molecule has 0 saturated heterocycles. The smallest absolute Gasteiger partial charge is 0.339 e. The fraction of sp³-hybridized carbons (Fsp3) is 0.118. The van der Waals surface area contributed by atoms with Crippen molar-refractivity contribution in [2.24, 2.45) is 0 Å². The van der Waals surface area contributed by atoms with Gasteiger partial charge in [-0.15, -0.1) is 10.2 Å². The molecule has 122 valence electrons. The number of hydrogen-bond donors (Lipinski definition) is 0. The molecule has 0 aliphatic heterocycles. The van der Waals surface area contributed by atoms with Gasteiger partial charge in [0.2, 0.25) is 5.89 Å². The Balaban J connectivity index is 1.70. The molecular weight excluding hydrogens is 328 g/mol. The molecule has 0 unspecified atom stereocenters. The van der Waals surface area contributed by atoms with Gasteiger partial charge in [-0.05, 0) is 24.3 Å². The molecule has 3 rings (SSSR count). The van der Waals surface area contributed by atoms with Gasteiger partial charge in [0, 0.05) is 11.8 Å². The van der Waals surface area contributed by atoms with Crippen LogP contribution in [0.5, 0.6) is 0 Å². The van der Waals surface area contributed by atoms with Crippen molar-refractivity contribution in [3.8, 4) is 11.5 Å². The molecule has 0 aliphatic rings. The van der Waals surface area contributed by atoms with E-state index in [0.29, 0.717) is 10.8 Å². The van der Waals surface area contributed by atoms with Crippen LogP contribution in [0.15, 0.2) is 63.9 Å². The number of rotatable bonds is 5. The van der Waals surface area contributed by atoms with Crippen molar-refractivity contribution in [2.75, 3.05) is 6.26 Å². The molecular formula is C17H14N2O4S.